The average molecular weight is 340 g/mol. The molecule has 1 saturated heterocycles. The van der Waals surface area contributed by atoms with E-state index in [9.17, 15) is 9.59 Å². The Morgan fingerprint density at radius 3 is 2.83 bits per heavy atom. The lowest BCUT2D eigenvalue weighted by molar-refractivity contribution is -0.130. The number of amides is 2. The first kappa shape index (κ1) is 17.8. The molecule has 2 heterocycles. The highest BCUT2D eigenvalue weighted by Crippen LogP contribution is 2.24. The lowest BCUT2D eigenvalue weighted by atomic mass is 10.1. The van der Waals surface area contributed by atoms with Gasteiger partial charge in [-0.05, 0) is 12.8 Å². The van der Waals surface area contributed by atoms with Crippen LogP contribution in [0.5, 0.6) is 0 Å². The van der Waals surface area contributed by atoms with Gasteiger partial charge < -0.3 is 15.0 Å². The van der Waals surface area contributed by atoms with Crippen LogP contribution < -0.4 is 5.32 Å². The lowest BCUT2D eigenvalue weighted by Crippen LogP contribution is -2.38. The third-order valence-corrected chi connectivity index (χ3v) is 4.61. The van der Waals surface area contributed by atoms with E-state index in [1.54, 1.807) is 12.0 Å². The van der Waals surface area contributed by atoms with Gasteiger partial charge in [0.1, 0.15) is 5.01 Å². The third-order valence-electron chi connectivity index (χ3n) is 3.75. The van der Waals surface area contributed by atoms with Crippen LogP contribution in [0.2, 0.25) is 0 Å². The molecule has 1 aromatic rings. The summed E-state index contributed by atoms with van der Waals surface area (Å²) in [7, 11) is 1.60. The summed E-state index contributed by atoms with van der Waals surface area (Å²) in [5.74, 6) is -0.0285. The first-order valence-corrected chi connectivity index (χ1v) is 8.64. The number of rotatable bonds is 7. The van der Waals surface area contributed by atoms with Crippen LogP contribution in [0.3, 0.4) is 0 Å². The number of nitrogens with zero attached hydrogens (tertiary/aromatic N) is 3. The van der Waals surface area contributed by atoms with E-state index in [4.69, 9.17) is 4.74 Å². The molecule has 0 radical (unpaired) electrons. The third kappa shape index (κ3) is 4.71. The van der Waals surface area contributed by atoms with Crippen LogP contribution in [0.1, 0.15) is 32.2 Å². The van der Waals surface area contributed by atoms with Crippen molar-refractivity contribution in [1.29, 1.82) is 0 Å². The number of likely N-dealkylation sites (tertiary alicyclic amines) is 1. The molecule has 7 nitrogen and oxygen atoms in total. The number of carbonyl (C=O) groups is 2. The van der Waals surface area contributed by atoms with E-state index in [-0.39, 0.29) is 30.2 Å². The zero-order chi connectivity index (χ0) is 17.0. The van der Waals surface area contributed by atoms with Crippen LogP contribution >= 0.6 is 11.3 Å². The number of hydrogen-bond donors (Lipinski definition) is 1. The molecule has 1 fully saturated rings. The summed E-state index contributed by atoms with van der Waals surface area (Å²) in [6.07, 6.45) is 1.08. The highest BCUT2D eigenvalue weighted by atomic mass is 32.1. The molecule has 2 atom stereocenters. The number of aromatic nitrogens is 2. The molecule has 0 bridgehead atoms. The van der Waals surface area contributed by atoms with E-state index in [1.165, 1.54) is 11.3 Å². The quantitative estimate of drug-likeness (QED) is 0.814. The lowest BCUT2D eigenvalue weighted by Gasteiger charge is -2.23. The van der Waals surface area contributed by atoms with Gasteiger partial charge in [0, 0.05) is 26.5 Å². The van der Waals surface area contributed by atoms with Crippen molar-refractivity contribution >= 4 is 28.3 Å². The standard InChI is InChI=1S/C15H24N4O3S/c1-9(2)5-12-17-18-15(23-12)16-14(21)11-6-13(20)19(7-11)10(3)8-22-4/h9-11H,5-8H2,1-4H3,(H,16,18,21)/t10-,11+/m0/s1. The predicted molar refractivity (Wildman–Crippen MR) is 88.2 cm³/mol. The first-order valence-electron chi connectivity index (χ1n) is 7.82. The average Bonchev–Trinajstić information content (AvgIpc) is 3.05. The number of carbonyl (C=O) groups excluding carboxylic acids is 2. The van der Waals surface area contributed by atoms with Crippen molar-refractivity contribution in [2.24, 2.45) is 11.8 Å². The topological polar surface area (TPSA) is 84.4 Å². The normalized spacial score (nSPS) is 19.4. The van der Waals surface area contributed by atoms with E-state index < -0.39 is 0 Å². The Morgan fingerprint density at radius 1 is 1.43 bits per heavy atom. The van der Waals surface area contributed by atoms with Gasteiger partial charge in [0.25, 0.3) is 0 Å². The van der Waals surface area contributed by atoms with Crippen LogP contribution in [0, 0.1) is 11.8 Å². The summed E-state index contributed by atoms with van der Waals surface area (Å²) in [5.41, 5.74) is 0. The summed E-state index contributed by atoms with van der Waals surface area (Å²) < 4.78 is 5.08. The molecule has 1 aliphatic heterocycles. The molecule has 1 aromatic heterocycles. The molecule has 0 aromatic carbocycles. The maximum absolute atomic E-state index is 12.3. The predicted octanol–water partition coefficient (Wildman–Crippen LogP) is 1.56. The van der Waals surface area contributed by atoms with Crippen molar-refractivity contribution in [2.45, 2.75) is 39.7 Å². The zero-order valence-electron chi connectivity index (χ0n) is 14.0. The Bertz CT molecular complexity index is 561. The minimum absolute atomic E-state index is 0.00698. The number of hydrogen-bond acceptors (Lipinski definition) is 6. The summed E-state index contributed by atoms with van der Waals surface area (Å²) >= 11 is 1.39. The Balaban J connectivity index is 1.91. The van der Waals surface area contributed by atoms with Gasteiger partial charge in [0.2, 0.25) is 16.9 Å². The van der Waals surface area contributed by atoms with Crippen molar-refractivity contribution in [3.63, 3.8) is 0 Å². The second kappa shape index (κ2) is 7.83. The van der Waals surface area contributed by atoms with Gasteiger partial charge in [0.15, 0.2) is 0 Å². The minimum atomic E-state index is -0.348. The zero-order valence-corrected chi connectivity index (χ0v) is 14.9. The van der Waals surface area contributed by atoms with Gasteiger partial charge in [-0.25, -0.2) is 0 Å². The minimum Gasteiger partial charge on any atom is -0.383 e. The van der Waals surface area contributed by atoms with E-state index in [2.05, 4.69) is 29.4 Å². The largest absolute Gasteiger partial charge is 0.383 e. The van der Waals surface area contributed by atoms with Crippen molar-refractivity contribution in [3.8, 4) is 0 Å². The number of ether oxygens (including phenoxy) is 1. The van der Waals surface area contributed by atoms with Crippen molar-refractivity contribution in [3.05, 3.63) is 5.01 Å². The van der Waals surface area contributed by atoms with Crippen LogP contribution in [0.15, 0.2) is 0 Å². The van der Waals surface area contributed by atoms with E-state index in [0.29, 0.717) is 24.2 Å². The van der Waals surface area contributed by atoms with Gasteiger partial charge in [-0.2, -0.15) is 0 Å². The summed E-state index contributed by atoms with van der Waals surface area (Å²) in [6, 6.07) is -0.0236. The molecule has 0 saturated carbocycles. The van der Waals surface area contributed by atoms with Crippen molar-refractivity contribution in [2.75, 3.05) is 25.6 Å². The highest BCUT2D eigenvalue weighted by molar-refractivity contribution is 7.15. The second-order valence-electron chi connectivity index (χ2n) is 6.34. The van der Waals surface area contributed by atoms with Gasteiger partial charge in [-0.15, -0.1) is 10.2 Å². The molecule has 0 spiro atoms. The van der Waals surface area contributed by atoms with Gasteiger partial charge in [-0.3, -0.25) is 9.59 Å². The fraction of sp³-hybridized carbons (Fsp3) is 0.733. The molecule has 0 aliphatic carbocycles. The van der Waals surface area contributed by atoms with Gasteiger partial charge >= 0.3 is 0 Å². The molecule has 1 aliphatic rings. The van der Waals surface area contributed by atoms with E-state index in [0.717, 1.165) is 11.4 Å². The molecular formula is C15H24N4O3S. The van der Waals surface area contributed by atoms with E-state index in [1.807, 2.05) is 6.92 Å². The highest BCUT2D eigenvalue weighted by Gasteiger charge is 2.36. The van der Waals surface area contributed by atoms with Crippen molar-refractivity contribution in [1.82, 2.24) is 15.1 Å². The molecule has 1 N–H and O–H groups in total. The van der Waals surface area contributed by atoms with Crippen LogP contribution in [0.25, 0.3) is 0 Å². The Labute approximate surface area is 140 Å². The SMILES string of the molecule is COC[C@H](C)N1C[C@H](C(=O)Nc2nnc(CC(C)C)s2)CC1=O. The molecule has 23 heavy (non-hydrogen) atoms. The van der Waals surface area contributed by atoms with Crippen LogP contribution in [-0.4, -0.2) is 53.2 Å². The van der Waals surface area contributed by atoms with Crippen LogP contribution in [0.4, 0.5) is 5.13 Å². The monoisotopic (exact) mass is 340 g/mol. The van der Waals surface area contributed by atoms with Crippen molar-refractivity contribution < 1.29 is 14.3 Å². The summed E-state index contributed by atoms with van der Waals surface area (Å²) in [6.45, 7) is 7.03. The molecule has 2 amide bonds. The Hall–Kier alpha value is -1.54. The molecular weight excluding hydrogens is 316 g/mol. The van der Waals surface area contributed by atoms with Crippen LogP contribution in [-0.2, 0) is 20.7 Å². The molecule has 2 rings (SSSR count). The fourth-order valence-electron chi connectivity index (χ4n) is 2.61. The molecule has 128 valence electrons. The number of nitrogens with one attached hydrogen (secondary N) is 1. The van der Waals surface area contributed by atoms with Gasteiger partial charge in [0.05, 0.1) is 18.6 Å². The maximum atomic E-state index is 12.3. The summed E-state index contributed by atoms with van der Waals surface area (Å²) in [5, 5.41) is 12.3. The Morgan fingerprint density at radius 2 is 2.17 bits per heavy atom. The Kier molecular flexibility index (Phi) is 6.06. The second-order valence-corrected chi connectivity index (χ2v) is 7.40. The number of anilines is 1. The number of methoxy groups -OCH3 is 1. The van der Waals surface area contributed by atoms with E-state index >= 15 is 0 Å². The summed E-state index contributed by atoms with van der Waals surface area (Å²) in [4.78, 5) is 26.1. The smallest absolute Gasteiger partial charge is 0.231 e. The first-order chi connectivity index (χ1) is 10.9. The maximum Gasteiger partial charge on any atom is 0.231 e. The fourth-order valence-corrected chi connectivity index (χ4v) is 3.56. The molecule has 8 heteroatoms. The van der Waals surface area contributed by atoms with Gasteiger partial charge in [-0.1, -0.05) is 25.2 Å². The molecule has 0 unspecified atom stereocenters.